The maximum atomic E-state index is 13.8. The van der Waals surface area contributed by atoms with Gasteiger partial charge >= 0.3 is 5.97 Å². The molecule has 0 amide bonds. The first kappa shape index (κ1) is 13.0. The number of pyridine rings is 1. The molecule has 0 saturated heterocycles. The highest BCUT2D eigenvalue weighted by Gasteiger charge is 2.15. The summed E-state index contributed by atoms with van der Waals surface area (Å²) in [4.78, 5) is 14.6. The average molecular weight is 264 g/mol. The number of hydrogen-bond donors (Lipinski definition) is 2. The molecule has 19 heavy (non-hydrogen) atoms. The third-order valence-corrected chi connectivity index (χ3v) is 2.90. The first-order chi connectivity index (χ1) is 9.00. The summed E-state index contributed by atoms with van der Waals surface area (Å²) in [6.45, 7) is 2.22. The molecule has 0 unspecified atom stereocenters. The minimum absolute atomic E-state index is 0.0804. The van der Waals surface area contributed by atoms with Gasteiger partial charge in [-0.1, -0.05) is 0 Å². The number of halogens is 1. The van der Waals surface area contributed by atoms with Crippen molar-refractivity contribution in [1.82, 2.24) is 14.8 Å². The van der Waals surface area contributed by atoms with Crippen molar-refractivity contribution in [3.8, 4) is 0 Å². The van der Waals surface area contributed by atoms with Gasteiger partial charge < -0.3 is 10.4 Å². The lowest BCUT2D eigenvalue weighted by Gasteiger charge is -2.07. The van der Waals surface area contributed by atoms with Crippen LogP contribution in [0, 0.1) is 12.7 Å². The van der Waals surface area contributed by atoms with E-state index in [4.69, 9.17) is 5.11 Å². The molecule has 2 heterocycles. The van der Waals surface area contributed by atoms with Gasteiger partial charge in [-0.15, -0.1) is 0 Å². The second-order valence-corrected chi connectivity index (χ2v) is 4.06. The minimum Gasteiger partial charge on any atom is -0.478 e. The van der Waals surface area contributed by atoms with Crippen LogP contribution in [-0.4, -0.2) is 25.8 Å². The van der Waals surface area contributed by atoms with Gasteiger partial charge in [0.25, 0.3) is 0 Å². The van der Waals surface area contributed by atoms with Crippen molar-refractivity contribution < 1.29 is 14.3 Å². The molecule has 2 aromatic heterocycles. The molecule has 0 aliphatic rings. The Morgan fingerprint density at radius 2 is 2.32 bits per heavy atom. The zero-order chi connectivity index (χ0) is 14.0. The van der Waals surface area contributed by atoms with Crippen LogP contribution in [0.2, 0.25) is 0 Å². The van der Waals surface area contributed by atoms with Crippen molar-refractivity contribution >= 4 is 11.8 Å². The van der Waals surface area contributed by atoms with Gasteiger partial charge in [0.05, 0.1) is 6.20 Å². The Hall–Kier alpha value is -2.44. The lowest BCUT2D eigenvalue weighted by atomic mass is 10.2. The van der Waals surface area contributed by atoms with E-state index in [9.17, 15) is 9.18 Å². The van der Waals surface area contributed by atoms with Crippen LogP contribution < -0.4 is 5.32 Å². The number of hydrogen-bond acceptors (Lipinski definition) is 4. The second-order valence-electron chi connectivity index (χ2n) is 4.06. The Labute approximate surface area is 108 Å². The molecule has 2 rings (SSSR count). The van der Waals surface area contributed by atoms with Crippen LogP contribution in [0.25, 0.3) is 0 Å². The predicted molar refractivity (Wildman–Crippen MR) is 66.4 cm³/mol. The fourth-order valence-corrected chi connectivity index (χ4v) is 1.63. The van der Waals surface area contributed by atoms with E-state index in [2.05, 4.69) is 15.4 Å². The fourth-order valence-electron chi connectivity index (χ4n) is 1.63. The number of nitrogens with one attached hydrogen (secondary N) is 1. The third kappa shape index (κ3) is 2.54. The van der Waals surface area contributed by atoms with E-state index < -0.39 is 17.3 Å². The molecule has 0 radical (unpaired) electrons. The molecule has 2 aromatic rings. The molecule has 2 N–H and O–H groups in total. The molecular formula is C12H13FN4O2. The topological polar surface area (TPSA) is 80.0 Å². The number of nitrogens with zero attached hydrogens (tertiary/aromatic N) is 3. The maximum absolute atomic E-state index is 13.8. The highest BCUT2D eigenvalue weighted by Crippen LogP contribution is 2.16. The zero-order valence-electron chi connectivity index (χ0n) is 10.5. The van der Waals surface area contributed by atoms with Gasteiger partial charge in [-0.25, -0.2) is 14.2 Å². The highest BCUT2D eigenvalue weighted by molar-refractivity contribution is 5.88. The summed E-state index contributed by atoms with van der Waals surface area (Å²) in [5, 5.41) is 15.7. The Balaban J connectivity index is 2.18. The van der Waals surface area contributed by atoms with Crippen molar-refractivity contribution in [2.75, 3.05) is 5.32 Å². The molecular weight excluding hydrogens is 251 g/mol. The number of carbonyl (C=O) groups is 1. The Bertz CT molecular complexity index is 624. The monoisotopic (exact) mass is 264 g/mol. The molecule has 0 fully saturated rings. The summed E-state index contributed by atoms with van der Waals surface area (Å²) in [7, 11) is 1.81. The summed E-state index contributed by atoms with van der Waals surface area (Å²) >= 11 is 0. The van der Waals surface area contributed by atoms with E-state index >= 15 is 0 Å². The number of rotatable bonds is 4. The number of aromatic nitrogens is 3. The smallest absolute Gasteiger partial charge is 0.338 e. The molecule has 6 nitrogen and oxygen atoms in total. The first-order valence-electron chi connectivity index (χ1n) is 5.60. The van der Waals surface area contributed by atoms with E-state index in [-0.39, 0.29) is 5.82 Å². The Morgan fingerprint density at radius 3 is 2.89 bits per heavy atom. The molecule has 0 atom stereocenters. The molecule has 0 saturated carbocycles. The van der Waals surface area contributed by atoms with Crippen LogP contribution in [0.15, 0.2) is 18.5 Å². The van der Waals surface area contributed by atoms with Gasteiger partial charge in [-0.2, -0.15) is 5.10 Å². The number of anilines is 1. The van der Waals surface area contributed by atoms with Gasteiger partial charge in [-0.05, 0) is 13.0 Å². The van der Waals surface area contributed by atoms with Crippen LogP contribution in [0.4, 0.5) is 10.2 Å². The third-order valence-electron chi connectivity index (χ3n) is 2.90. The van der Waals surface area contributed by atoms with Crippen molar-refractivity contribution in [1.29, 1.82) is 0 Å². The summed E-state index contributed by atoms with van der Waals surface area (Å²) in [6.07, 6.45) is 2.92. The summed E-state index contributed by atoms with van der Waals surface area (Å²) in [6, 6.07) is 1.12. The predicted octanol–water partition coefficient (Wildman–Crippen LogP) is 1.57. The van der Waals surface area contributed by atoms with Crippen molar-refractivity contribution in [2.24, 2.45) is 7.05 Å². The van der Waals surface area contributed by atoms with Gasteiger partial charge in [0.15, 0.2) is 11.6 Å². The zero-order valence-corrected chi connectivity index (χ0v) is 10.5. The van der Waals surface area contributed by atoms with Crippen molar-refractivity contribution in [3.63, 3.8) is 0 Å². The lowest BCUT2D eigenvalue weighted by Crippen LogP contribution is -2.08. The summed E-state index contributed by atoms with van der Waals surface area (Å²) in [5.41, 5.74) is 1.44. The van der Waals surface area contributed by atoms with Crippen LogP contribution >= 0.6 is 0 Å². The van der Waals surface area contributed by atoms with E-state index in [0.29, 0.717) is 6.54 Å². The standard InChI is InChI=1S/C12H13FN4O2/c1-7-8(6-16-17(7)2)5-15-11-10(13)9(12(18)19)3-4-14-11/h3-4,6H,5H2,1-2H3,(H,14,15)(H,18,19). The van der Waals surface area contributed by atoms with E-state index in [1.165, 1.54) is 6.20 Å². The molecule has 0 aliphatic carbocycles. The van der Waals surface area contributed by atoms with Crippen LogP contribution in [0.5, 0.6) is 0 Å². The van der Waals surface area contributed by atoms with E-state index in [1.54, 1.807) is 10.9 Å². The van der Waals surface area contributed by atoms with Crippen molar-refractivity contribution in [3.05, 3.63) is 41.1 Å². The van der Waals surface area contributed by atoms with Crippen LogP contribution in [0.3, 0.4) is 0 Å². The number of carboxylic acids is 1. The molecule has 0 bridgehead atoms. The molecule has 0 aliphatic heterocycles. The van der Waals surface area contributed by atoms with Crippen LogP contribution in [-0.2, 0) is 13.6 Å². The van der Waals surface area contributed by atoms with E-state index in [1.807, 2.05) is 14.0 Å². The second kappa shape index (κ2) is 5.05. The lowest BCUT2D eigenvalue weighted by molar-refractivity contribution is 0.0692. The quantitative estimate of drug-likeness (QED) is 0.876. The Kier molecular flexibility index (Phi) is 3.46. The summed E-state index contributed by atoms with van der Waals surface area (Å²) in [5.74, 6) is -2.26. The van der Waals surface area contributed by atoms with Gasteiger partial charge in [0.2, 0.25) is 0 Å². The van der Waals surface area contributed by atoms with Gasteiger partial charge in [-0.3, -0.25) is 4.68 Å². The van der Waals surface area contributed by atoms with Crippen LogP contribution in [0.1, 0.15) is 21.6 Å². The Morgan fingerprint density at radius 1 is 1.58 bits per heavy atom. The van der Waals surface area contributed by atoms with Gasteiger partial charge in [0, 0.05) is 31.0 Å². The minimum atomic E-state index is -1.32. The number of aryl methyl sites for hydroxylation is 1. The largest absolute Gasteiger partial charge is 0.478 e. The molecule has 0 spiro atoms. The van der Waals surface area contributed by atoms with Crippen molar-refractivity contribution in [2.45, 2.75) is 13.5 Å². The number of aromatic carboxylic acids is 1. The molecule has 7 heteroatoms. The first-order valence-corrected chi connectivity index (χ1v) is 5.60. The fraction of sp³-hybridized carbons (Fsp3) is 0.250. The average Bonchev–Trinajstić information content (AvgIpc) is 2.68. The number of carboxylic acid groups (broad SMARTS) is 1. The summed E-state index contributed by atoms with van der Waals surface area (Å²) < 4.78 is 15.5. The normalized spacial score (nSPS) is 10.5. The highest BCUT2D eigenvalue weighted by atomic mass is 19.1. The van der Waals surface area contributed by atoms with E-state index in [0.717, 1.165) is 17.3 Å². The SMILES string of the molecule is Cc1c(CNc2nccc(C(=O)O)c2F)cnn1C. The molecule has 0 aromatic carbocycles. The van der Waals surface area contributed by atoms with Gasteiger partial charge in [0.1, 0.15) is 5.56 Å². The maximum Gasteiger partial charge on any atom is 0.338 e. The molecule has 100 valence electrons.